The molecule has 0 radical (unpaired) electrons. The molecule has 1 saturated carbocycles. The highest BCUT2D eigenvalue weighted by Gasteiger charge is 2.38. The fraction of sp³-hybridized carbons (Fsp3) is 0.364. The highest BCUT2D eigenvalue weighted by Crippen LogP contribution is 2.32. The zero-order valence-corrected chi connectivity index (χ0v) is 19.0. The molecular formula is C22H23F3N8O3. The number of hydrogen-bond acceptors (Lipinski definition) is 6. The second-order valence-corrected chi connectivity index (χ2v) is 8.17. The number of carbonyl (C=O) groups excluding carboxylic acids is 1. The van der Waals surface area contributed by atoms with Gasteiger partial charge in [-0.15, -0.1) is 0 Å². The second kappa shape index (κ2) is 10.6. The van der Waals surface area contributed by atoms with E-state index in [-0.39, 0.29) is 5.91 Å². The Bertz CT molecular complexity index is 1330. The smallest absolute Gasteiger partial charge is 0.475 e. The van der Waals surface area contributed by atoms with Crippen molar-refractivity contribution in [3.63, 3.8) is 0 Å². The summed E-state index contributed by atoms with van der Waals surface area (Å²) in [4.78, 5) is 34.6. The van der Waals surface area contributed by atoms with Crippen molar-refractivity contribution in [2.24, 2.45) is 5.92 Å². The van der Waals surface area contributed by atoms with Gasteiger partial charge in [-0.05, 0) is 31.2 Å². The number of amides is 1. The molecule has 2 N–H and O–H groups in total. The number of imidazole rings is 2. The summed E-state index contributed by atoms with van der Waals surface area (Å²) in [7, 11) is 0. The molecule has 0 aliphatic heterocycles. The van der Waals surface area contributed by atoms with Crippen LogP contribution in [0, 0.1) is 5.92 Å². The van der Waals surface area contributed by atoms with E-state index in [2.05, 4.69) is 25.4 Å². The number of hydrogen-bond donors (Lipinski definition) is 2. The molecule has 1 fully saturated rings. The minimum Gasteiger partial charge on any atom is -0.475 e. The first-order valence-corrected chi connectivity index (χ1v) is 11.1. The Balaban J connectivity index is 0.000000384. The monoisotopic (exact) mass is 504 g/mol. The number of aryl methyl sites for hydroxylation is 1. The topological polar surface area (TPSA) is 132 Å². The molecule has 4 aromatic rings. The molecule has 1 aliphatic carbocycles. The molecule has 36 heavy (non-hydrogen) atoms. The summed E-state index contributed by atoms with van der Waals surface area (Å²) in [5.74, 6) is -1.54. The molecular weight excluding hydrogens is 481 g/mol. The summed E-state index contributed by atoms with van der Waals surface area (Å²) < 4.78 is 37.6. The van der Waals surface area contributed by atoms with E-state index in [0.717, 1.165) is 25.2 Å². The van der Waals surface area contributed by atoms with Gasteiger partial charge >= 0.3 is 12.1 Å². The molecule has 0 aromatic carbocycles. The molecule has 0 saturated heterocycles. The van der Waals surface area contributed by atoms with Crippen molar-refractivity contribution >= 4 is 17.4 Å². The van der Waals surface area contributed by atoms with Gasteiger partial charge in [0.15, 0.2) is 11.5 Å². The number of carboxylic acids is 1. The van der Waals surface area contributed by atoms with Gasteiger partial charge in [-0.1, -0.05) is 0 Å². The lowest BCUT2D eigenvalue weighted by atomic mass is 10.3. The maximum absolute atomic E-state index is 12.8. The Hall–Kier alpha value is -4.23. The van der Waals surface area contributed by atoms with Crippen LogP contribution in [0.4, 0.5) is 13.2 Å². The van der Waals surface area contributed by atoms with Crippen LogP contribution in [-0.2, 0) is 17.9 Å². The molecule has 0 atom stereocenters. The number of alkyl halides is 3. The van der Waals surface area contributed by atoms with Crippen LogP contribution in [0.1, 0.15) is 29.8 Å². The average molecular weight is 504 g/mol. The highest BCUT2D eigenvalue weighted by atomic mass is 19.4. The number of nitrogens with zero attached hydrogens (tertiary/aromatic N) is 7. The first kappa shape index (κ1) is 24.9. The van der Waals surface area contributed by atoms with Crippen LogP contribution < -0.4 is 5.32 Å². The number of halogens is 3. The van der Waals surface area contributed by atoms with Crippen LogP contribution in [0.2, 0.25) is 0 Å². The van der Waals surface area contributed by atoms with E-state index in [1.54, 1.807) is 31.1 Å². The van der Waals surface area contributed by atoms with E-state index < -0.39 is 12.1 Å². The van der Waals surface area contributed by atoms with Gasteiger partial charge in [-0.2, -0.15) is 18.3 Å². The number of carbonyl (C=O) groups is 2. The molecule has 1 aliphatic rings. The van der Waals surface area contributed by atoms with Crippen molar-refractivity contribution in [1.29, 1.82) is 0 Å². The molecule has 190 valence electrons. The third kappa shape index (κ3) is 6.06. The highest BCUT2D eigenvalue weighted by molar-refractivity contribution is 5.99. The van der Waals surface area contributed by atoms with Crippen molar-refractivity contribution in [2.45, 2.75) is 38.5 Å². The normalized spacial score (nSPS) is 13.3. The molecule has 14 heteroatoms. The Labute approximate surface area is 202 Å². The number of aromatic nitrogens is 7. The van der Waals surface area contributed by atoms with Gasteiger partial charge in [0.05, 0.1) is 18.0 Å². The van der Waals surface area contributed by atoms with Gasteiger partial charge in [0.2, 0.25) is 0 Å². The first-order chi connectivity index (χ1) is 17.2. The summed E-state index contributed by atoms with van der Waals surface area (Å²) in [6.07, 6.45) is 10.7. The van der Waals surface area contributed by atoms with E-state index in [1.165, 1.54) is 12.8 Å². The first-order valence-electron chi connectivity index (χ1n) is 11.1. The lowest BCUT2D eigenvalue weighted by Gasteiger charge is -2.05. The van der Waals surface area contributed by atoms with Gasteiger partial charge in [-0.3, -0.25) is 18.9 Å². The van der Waals surface area contributed by atoms with Crippen molar-refractivity contribution in [3.8, 4) is 11.5 Å². The predicted molar refractivity (Wildman–Crippen MR) is 120 cm³/mol. The van der Waals surface area contributed by atoms with Crippen LogP contribution in [0.15, 0.2) is 49.6 Å². The third-order valence-electron chi connectivity index (χ3n) is 5.42. The maximum atomic E-state index is 12.8. The number of aliphatic carboxylic acids is 1. The van der Waals surface area contributed by atoms with E-state index in [1.807, 2.05) is 32.1 Å². The van der Waals surface area contributed by atoms with E-state index in [0.29, 0.717) is 29.5 Å². The van der Waals surface area contributed by atoms with Crippen molar-refractivity contribution < 1.29 is 27.9 Å². The predicted octanol–water partition coefficient (Wildman–Crippen LogP) is 2.65. The Morgan fingerprint density at radius 1 is 1.14 bits per heavy atom. The molecule has 11 nitrogen and oxygen atoms in total. The second-order valence-electron chi connectivity index (χ2n) is 8.17. The molecule has 0 bridgehead atoms. The zero-order chi connectivity index (χ0) is 25.7. The SMILES string of the molecule is O=C(NCCCn1ccnc1)c1nc(-c2ccnn2CC2CC2)n2ccncc12.O=C(O)C(F)(F)F. The van der Waals surface area contributed by atoms with Crippen molar-refractivity contribution in [2.75, 3.05) is 6.54 Å². The number of rotatable bonds is 8. The third-order valence-corrected chi connectivity index (χ3v) is 5.42. The summed E-state index contributed by atoms with van der Waals surface area (Å²) in [6, 6.07) is 1.95. The average Bonchev–Trinajstić information content (AvgIpc) is 3.21. The Morgan fingerprint density at radius 3 is 2.56 bits per heavy atom. The van der Waals surface area contributed by atoms with Gasteiger partial charge in [-0.25, -0.2) is 14.8 Å². The summed E-state index contributed by atoms with van der Waals surface area (Å²) in [6.45, 7) is 2.25. The minimum absolute atomic E-state index is 0.194. The van der Waals surface area contributed by atoms with E-state index >= 15 is 0 Å². The fourth-order valence-electron chi connectivity index (χ4n) is 3.47. The fourth-order valence-corrected chi connectivity index (χ4v) is 3.47. The molecule has 5 rings (SSSR count). The Kier molecular flexibility index (Phi) is 7.31. The molecule has 4 heterocycles. The van der Waals surface area contributed by atoms with Gasteiger partial charge in [0, 0.05) is 50.6 Å². The van der Waals surface area contributed by atoms with Crippen LogP contribution in [-0.4, -0.2) is 63.4 Å². The van der Waals surface area contributed by atoms with E-state index in [9.17, 15) is 18.0 Å². The summed E-state index contributed by atoms with van der Waals surface area (Å²) in [5.41, 5.74) is 1.99. The molecule has 1 amide bonds. The minimum atomic E-state index is -5.08. The van der Waals surface area contributed by atoms with Gasteiger partial charge < -0.3 is 15.0 Å². The lowest BCUT2D eigenvalue weighted by molar-refractivity contribution is -0.192. The Morgan fingerprint density at radius 2 is 1.89 bits per heavy atom. The number of fused-ring (bicyclic) bond motifs is 1. The van der Waals surface area contributed by atoms with Crippen LogP contribution in [0.25, 0.3) is 17.0 Å². The van der Waals surface area contributed by atoms with Crippen LogP contribution in [0.3, 0.4) is 0 Å². The van der Waals surface area contributed by atoms with Crippen molar-refractivity contribution in [3.05, 3.63) is 55.3 Å². The maximum Gasteiger partial charge on any atom is 0.490 e. The van der Waals surface area contributed by atoms with Crippen LogP contribution >= 0.6 is 0 Å². The van der Waals surface area contributed by atoms with E-state index in [4.69, 9.17) is 9.90 Å². The van der Waals surface area contributed by atoms with Gasteiger partial charge in [0.1, 0.15) is 5.69 Å². The van der Waals surface area contributed by atoms with Crippen LogP contribution in [0.5, 0.6) is 0 Å². The summed E-state index contributed by atoms with van der Waals surface area (Å²) in [5, 5.41) is 14.6. The summed E-state index contributed by atoms with van der Waals surface area (Å²) >= 11 is 0. The largest absolute Gasteiger partial charge is 0.490 e. The molecule has 0 unspecified atom stereocenters. The number of carboxylic acid groups (broad SMARTS) is 1. The quantitative estimate of drug-likeness (QED) is 0.353. The lowest BCUT2D eigenvalue weighted by Crippen LogP contribution is -2.25. The molecule has 0 spiro atoms. The zero-order valence-electron chi connectivity index (χ0n) is 19.0. The number of nitrogens with one attached hydrogen (secondary N) is 1. The molecule has 4 aromatic heterocycles. The van der Waals surface area contributed by atoms with Gasteiger partial charge in [0.25, 0.3) is 5.91 Å². The standard InChI is InChI=1S/C20H22N8O.C2HF3O2/c29-20(23-5-1-9-26-10-7-22-14-26)18-17-12-21-8-11-27(17)19(25-18)16-4-6-24-28(16)13-15-2-3-15;3-2(4,5)1(6)7/h4,6-8,10-12,14-15H,1-3,5,9,13H2,(H,23,29);(H,6,7). The van der Waals surface area contributed by atoms with Crippen molar-refractivity contribution in [1.82, 2.24) is 39.0 Å².